The van der Waals surface area contributed by atoms with Gasteiger partial charge in [-0.05, 0) is 24.3 Å². The van der Waals surface area contributed by atoms with E-state index < -0.39 is 17.6 Å². The Hall–Kier alpha value is -3.95. The number of hydrogen-bond acceptors (Lipinski definition) is 5. The monoisotopic (exact) mass is 427 g/mol. The van der Waals surface area contributed by atoms with E-state index in [0.717, 1.165) is 12.1 Å². The highest BCUT2D eigenvalue weighted by atomic mass is 19.4. The smallest absolute Gasteiger partial charge is 0.416 e. The Bertz CT molecular complexity index is 1250. The average molecular weight is 427 g/mol. The molecule has 0 spiro atoms. The van der Waals surface area contributed by atoms with Crippen molar-refractivity contribution in [3.63, 3.8) is 0 Å². The Morgan fingerprint density at radius 3 is 2.48 bits per heavy atom. The SMILES string of the molecule is COc1cccnc1N(C)C(=O)c1cn2c(-c3ccc(C(F)(F)F)cc3)cnc2cn1. The number of imidazole rings is 1. The van der Waals surface area contributed by atoms with Gasteiger partial charge in [-0.25, -0.2) is 15.0 Å². The Morgan fingerprint density at radius 2 is 1.81 bits per heavy atom. The zero-order chi connectivity index (χ0) is 22.2. The molecule has 4 aromatic rings. The highest BCUT2D eigenvalue weighted by molar-refractivity contribution is 6.04. The van der Waals surface area contributed by atoms with Gasteiger partial charge in [0.05, 0.1) is 30.8 Å². The Labute approximate surface area is 174 Å². The molecule has 0 aliphatic carbocycles. The molecule has 0 saturated carbocycles. The minimum absolute atomic E-state index is 0.105. The first-order valence-electron chi connectivity index (χ1n) is 9.07. The topological polar surface area (TPSA) is 72.6 Å². The van der Waals surface area contributed by atoms with Crippen LogP contribution in [0.4, 0.5) is 19.0 Å². The van der Waals surface area contributed by atoms with Crippen LogP contribution < -0.4 is 9.64 Å². The molecule has 1 aromatic carbocycles. The Morgan fingerprint density at radius 1 is 1.06 bits per heavy atom. The van der Waals surface area contributed by atoms with Gasteiger partial charge >= 0.3 is 6.18 Å². The highest BCUT2D eigenvalue weighted by Gasteiger charge is 2.30. The molecular formula is C21H16F3N5O2. The lowest BCUT2D eigenvalue weighted by Gasteiger charge is -2.18. The van der Waals surface area contributed by atoms with Crippen LogP contribution in [0, 0.1) is 0 Å². The number of carbonyl (C=O) groups is 1. The van der Waals surface area contributed by atoms with Gasteiger partial charge in [-0.3, -0.25) is 14.1 Å². The number of hydrogen-bond donors (Lipinski definition) is 0. The van der Waals surface area contributed by atoms with Crippen LogP contribution in [0.1, 0.15) is 16.1 Å². The van der Waals surface area contributed by atoms with Crippen molar-refractivity contribution in [3.05, 3.63) is 72.4 Å². The van der Waals surface area contributed by atoms with E-state index in [-0.39, 0.29) is 5.69 Å². The fourth-order valence-electron chi connectivity index (χ4n) is 3.10. The molecule has 0 fully saturated rings. The highest BCUT2D eigenvalue weighted by Crippen LogP contribution is 2.31. The second kappa shape index (κ2) is 7.71. The minimum Gasteiger partial charge on any atom is -0.493 e. The lowest BCUT2D eigenvalue weighted by Crippen LogP contribution is -2.28. The molecule has 31 heavy (non-hydrogen) atoms. The second-order valence-electron chi connectivity index (χ2n) is 6.61. The molecule has 0 N–H and O–H groups in total. The summed E-state index contributed by atoms with van der Waals surface area (Å²) in [5.74, 6) is 0.309. The van der Waals surface area contributed by atoms with Crippen molar-refractivity contribution in [2.75, 3.05) is 19.1 Å². The van der Waals surface area contributed by atoms with Gasteiger partial charge in [0.1, 0.15) is 5.69 Å². The summed E-state index contributed by atoms with van der Waals surface area (Å²) in [6.45, 7) is 0. The van der Waals surface area contributed by atoms with Crippen molar-refractivity contribution in [1.29, 1.82) is 0 Å². The van der Waals surface area contributed by atoms with Gasteiger partial charge < -0.3 is 4.74 Å². The van der Waals surface area contributed by atoms with Crippen LogP contribution >= 0.6 is 0 Å². The quantitative estimate of drug-likeness (QED) is 0.491. The number of nitrogens with zero attached hydrogens (tertiary/aromatic N) is 5. The molecular weight excluding hydrogens is 411 g/mol. The van der Waals surface area contributed by atoms with Crippen LogP contribution in [-0.4, -0.2) is 39.4 Å². The van der Waals surface area contributed by atoms with E-state index in [0.29, 0.717) is 28.5 Å². The molecule has 3 heterocycles. The van der Waals surface area contributed by atoms with E-state index in [1.54, 1.807) is 23.6 Å². The maximum absolute atomic E-state index is 13.0. The zero-order valence-corrected chi connectivity index (χ0v) is 16.5. The van der Waals surface area contributed by atoms with Crippen molar-refractivity contribution in [2.24, 2.45) is 0 Å². The predicted molar refractivity (Wildman–Crippen MR) is 107 cm³/mol. The van der Waals surface area contributed by atoms with E-state index >= 15 is 0 Å². The Balaban J connectivity index is 1.71. The zero-order valence-electron chi connectivity index (χ0n) is 16.5. The fraction of sp³-hybridized carbons (Fsp3) is 0.143. The van der Waals surface area contributed by atoms with Crippen LogP contribution in [-0.2, 0) is 6.18 Å². The number of alkyl halides is 3. The van der Waals surface area contributed by atoms with Crippen LogP contribution in [0.2, 0.25) is 0 Å². The first kappa shape index (κ1) is 20.3. The van der Waals surface area contributed by atoms with Crippen LogP contribution in [0.15, 0.2) is 61.2 Å². The normalized spacial score (nSPS) is 11.5. The number of fused-ring (bicyclic) bond motifs is 1. The summed E-state index contributed by atoms with van der Waals surface area (Å²) in [7, 11) is 3.02. The number of benzene rings is 1. The van der Waals surface area contributed by atoms with Gasteiger partial charge in [-0.15, -0.1) is 0 Å². The van der Waals surface area contributed by atoms with Crippen molar-refractivity contribution in [3.8, 4) is 17.0 Å². The number of carbonyl (C=O) groups excluding carboxylic acids is 1. The number of rotatable bonds is 4. The van der Waals surface area contributed by atoms with E-state index in [1.807, 2.05) is 0 Å². The third-order valence-electron chi connectivity index (χ3n) is 4.72. The van der Waals surface area contributed by atoms with E-state index in [9.17, 15) is 18.0 Å². The van der Waals surface area contributed by atoms with Crippen LogP contribution in [0.25, 0.3) is 16.9 Å². The van der Waals surface area contributed by atoms with Gasteiger partial charge in [0.2, 0.25) is 0 Å². The molecule has 10 heteroatoms. The number of halogens is 3. The molecule has 1 amide bonds. The third kappa shape index (κ3) is 3.79. The van der Waals surface area contributed by atoms with Crippen molar-refractivity contribution in [1.82, 2.24) is 19.4 Å². The van der Waals surface area contributed by atoms with Crippen molar-refractivity contribution in [2.45, 2.75) is 6.18 Å². The number of methoxy groups -OCH3 is 1. The summed E-state index contributed by atoms with van der Waals surface area (Å²) >= 11 is 0. The van der Waals surface area contributed by atoms with Gasteiger partial charge in [-0.2, -0.15) is 13.2 Å². The maximum atomic E-state index is 13.0. The predicted octanol–water partition coefficient (Wildman–Crippen LogP) is 4.10. The molecule has 7 nitrogen and oxygen atoms in total. The maximum Gasteiger partial charge on any atom is 0.416 e. The first-order chi connectivity index (χ1) is 14.8. The number of anilines is 1. The summed E-state index contributed by atoms with van der Waals surface area (Å²) in [4.78, 5) is 26.9. The number of amides is 1. The second-order valence-corrected chi connectivity index (χ2v) is 6.61. The number of ether oxygens (including phenoxy) is 1. The van der Waals surface area contributed by atoms with Crippen molar-refractivity contribution < 1.29 is 22.7 Å². The molecule has 0 aliphatic rings. The molecule has 0 radical (unpaired) electrons. The number of aromatic nitrogens is 4. The molecule has 0 unspecified atom stereocenters. The van der Waals surface area contributed by atoms with Gasteiger partial charge in [0.25, 0.3) is 5.91 Å². The molecule has 4 rings (SSSR count). The van der Waals surface area contributed by atoms with E-state index in [2.05, 4.69) is 15.0 Å². The molecule has 158 valence electrons. The average Bonchev–Trinajstić information content (AvgIpc) is 3.20. The van der Waals surface area contributed by atoms with E-state index in [4.69, 9.17) is 4.74 Å². The summed E-state index contributed by atoms with van der Waals surface area (Å²) in [6, 6.07) is 8.10. The molecule has 0 aliphatic heterocycles. The van der Waals surface area contributed by atoms with E-state index in [1.165, 1.54) is 48.9 Å². The molecule has 3 aromatic heterocycles. The molecule has 0 bridgehead atoms. The van der Waals surface area contributed by atoms with Gasteiger partial charge in [-0.1, -0.05) is 12.1 Å². The van der Waals surface area contributed by atoms with Crippen molar-refractivity contribution >= 4 is 17.4 Å². The molecule has 0 atom stereocenters. The van der Waals surface area contributed by atoms with Gasteiger partial charge in [0.15, 0.2) is 17.2 Å². The first-order valence-corrected chi connectivity index (χ1v) is 9.07. The van der Waals surface area contributed by atoms with Gasteiger partial charge in [0, 0.05) is 25.0 Å². The largest absolute Gasteiger partial charge is 0.493 e. The Kier molecular flexibility index (Phi) is 5.05. The fourth-order valence-corrected chi connectivity index (χ4v) is 3.10. The number of pyridine rings is 1. The standard InChI is InChI=1S/C21H16F3N5O2/c1-28(19-17(31-2)4-3-9-25-19)20(30)15-12-29-16(10-27-18(29)11-26-15)13-5-7-14(8-6-13)21(22,23)24/h3-12H,1-2H3. The summed E-state index contributed by atoms with van der Waals surface area (Å²) < 4.78 is 45.4. The summed E-state index contributed by atoms with van der Waals surface area (Å²) in [5.41, 5.74) is 0.856. The van der Waals surface area contributed by atoms with Crippen LogP contribution in [0.5, 0.6) is 5.75 Å². The third-order valence-corrected chi connectivity index (χ3v) is 4.72. The summed E-state index contributed by atoms with van der Waals surface area (Å²) in [5, 5.41) is 0. The lowest BCUT2D eigenvalue weighted by atomic mass is 10.1. The summed E-state index contributed by atoms with van der Waals surface area (Å²) in [6.07, 6.45) is 1.54. The van der Waals surface area contributed by atoms with Crippen LogP contribution in [0.3, 0.4) is 0 Å². The lowest BCUT2D eigenvalue weighted by molar-refractivity contribution is -0.137. The molecule has 0 saturated heterocycles. The minimum atomic E-state index is -4.42.